The van der Waals surface area contributed by atoms with E-state index in [2.05, 4.69) is 25.9 Å². The first kappa shape index (κ1) is 22.1. The van der Waals surface area contributed by atoms with Gasteiger partial charge in [0.15, 0.2) is 5.65 Å². The molecule has 3 aromatic rings. The van der Waals surface area contributed by atoms with Crippen molar-refractivity contribution in [3.05, 3.63) is 40.6 Å². The molecule has 1 unspecified atom stereocenters. The Bertz CT molecular complexity index is 1350. The van der Waals surface area contributed by atoms with Crippen molar-refractivity contribution < 1.29 is 14.3 Å². The number of imidazole rings is 1. The van der Waals surface area contributed by atoms with Gasteiger partial charge in [-0.05, 0) is 43.7 Å². The lowest BCUT2D eigenvalue weighted by Crippen LogP contribution is -2.52. The van der Waals surface area contributed by atoms with Crippen LogP contribution in [-0.2, 0) is 16.1 Å². The van der Waals surface area contributed by atoms with Crippen LogP contribution in [0.3, 0.4) is 0 Å². The Morgan fingerprint density at radius 3 is 2.83 bits per heavy atom. The molecule has 0 aromatic carbocycles. The minimum absolute atomic E-state index is 0.0623. The molecule has 3 aromatic heterocycles. The summed E-state index contributed by atoms with van der Waals surface area (Å²) in [6.45, 7) is 0.344. The molecule has 0 saturated heterocycles. The van der Waals surface area contributed by atoms with Crippen molar-refractivity contribution in [2.45, 2.75) is 63.0 Å². The number of methoxy groups -OCH3 is 1. The van der Waals surface area contributed by atoms with E-state index in [4.69, 9.17) is 9.47 Å². The van der Waals surface area contributed by atoms with Crippen molar-refractivity contribution >= 4 is 34.4 Å². The number of fused-ring (bicyclic) bond motifs is 4. The molecular weight excluding hydrogens is 450 g/mol. The number of nitrogens with one attached hydrogen (secondary N) is 3. The Kier molecular flexibility index (Phi) is 5.45. The van der Waals surface area contributed by atoms with Gasteiger partial charge in [-0.1, -0.05) is 0 Å². The number of carbonyl (C=O) groups is 1. The van der Waals surface area contributed by atoms with Crippen LogP contribution >= 0.6 is 0 Å². The van der Waals surface area contributed by atoms with E-state index in [0.29, 0.717) is 35.0 Å². The highest BCUT2D eigenvalue weighted by Crippen LogP contribution is 2.32. The van der Waals surface area contributed by atoms with Crippen molar-refractivity contribution in [2.24, 2.45) is 0 Å². The molecule has 4 heterocycles. The Morgan fingerprint density at radius 2 is 2.09 bits per heavy atom. The second-order valence-corrected chi connectivity index (χ2v) is 9.50. The zero-order chi connectivity index (χ0) is 24.1. The van der Waals surface area contributed by atoms with E-state index in [0.717, 1.165) is 37.7 Å². The van der Waals surface area contributed by atoms with Gasteiger partial charge in [-0.15, -0.1) is 0 Å². The molecular formula is C24H29N7O4. The van der Waals surface area contributed by atoms with Gasteiger partial charge in [0, 0.05) is 32.5 Å². The van der Waals surface area contributed by atoms with Gasteiger partial charge >= 0.3 is 6.03 Å². The molecule has 1 aliphatic heterocycles. The lowest BCUT2D eigenvalue weighted by atomic mass is 9.89. The molecule has 4 bridgehead atoms. The maximum absolute atomic E-state index is 13.6. The Labute approximate surface area is 201 Å². The van der Waals surface area contributed by atoms with E-state index in [1.807, 2.05) is 16.8 Å². The van der Waals surface area contributed by atoms with E-state index >= 15 is 0 Å². The number of amides is 1. The highest BCUT2D eigenvalue weighted by molar-refractivity contribution is 5.94. The average molecular weight is 480 g/mol. The van der Waals surface area contributed by atoms with Crippen LogP contribution in [0.5, 0.6) is 0 Å². The van der Waals surface area contributed by atoms with Crippen LogP contribution in [0.2, 0.25) is 0 Å². The fourth-order valence-electron chi connectivity index (χ4n) is 5.28. The number of anilines is 3. The second-order valence-electron chi connectivity index (χ2n) is 9.50. The van der Waals surface area contributed by atoms with Crippen molar-refractivity contribution in [2.75, 3.05) is 24.8 Å². The fraction of sp³-hybridized carbons (Fsp3) is 0.500. The summed E-state index contributed by atoms with van der Waals surface area (Å²) in [6, 6.07) is 3.30. The molecule has 0 spiro atoms. The molecule has 3 N–H and O–H groups in total. The summed E-state index contributed by atoms with van der Waals surface area (Å²) in [6.07, 6.45) is 7.75. The molecule has 184 valence electrons. The second kappa shape index (κ2) is 8.65. The monoisotopic (exact) mass is 479 g/mol. The number of hydrogen-bond donors (Lipinski definition) is 3. The molecule has 1 amide bonds. The van der Waals surface area contributed by atoms with Crippen LogP contribution in [-0.4, -0.2) is 57.5 Å². The third-order valence-electron chi connectivity index (χ3n) is 7.42. The standard InChI is InChI=1S/C24H29N7O4/c1-25-17-9-20-27-18-7-13(10-30(23(18)32)14-3-4-15(8-14)34-2)11-35-19-6-5-16(19)28-24(33)31-12-26-21(17)22(31)29-20/h7,9-10,12,14-16,19H,3-6,8,11H2,1-2H3,(H,28,33)(H2,25,27,29)/t14?,15-,16-,19-/m1/s1. The first-order valence-corrected chi connectivity index (χ1v) is 12.1. The van der Waals surface area contributed by atoms with Gasteiger partial charge in [0.25, 0.3) is 5.56 Å². The molecule has 11 heteroatoms. The zero-order valence-corrected chi connectivity index (χ0v) is 19.8. The van der Waals surface area contributed by atoms with Gasteiger partial charge in [-0.3, -0.25) is 4.79 Å². The molecule has 2 fully saturated rings. The molecule has 6 rings (SSSR count). The molecule has 3 aliphatic rings. The van der Waals surface area contributed by atoms with Crippen molar-refractivity contribution in [1.29, 1.82) is 0 Å². The minimum atomic E-state index is -0.302. The van der Waals surface area contributed by atoms with E-state index in [9.17, 15) is 9.59 Å². The fourth-order valence-corrected chi connectivity index (χ4v) is 5.28. The number of hydrogen-bond acceptors (Lipinski definition) is 8. The lowest BCUT2D eigenvalue weighted by molar-refractivity contribution is -0.0325. The molecule has 2 saturated carbocycles. The van der Waals surface area contributed by atoms with Crippen LogP contribution < -0.4 is 21.5 Å². The van der Waals surface area contributed by atoms with E-state index in [-0.39, 0.29) is 35.9 Å². The zero-order valence-electron chi connectivity index (χ0n) is 19.8. The predicted octanol–water partition coefficient (Wildman–Crippen LogP) is 2.74. The summed E-state index contributed by atoms with van der Waals surface area (Å²) < 4.78 is 14.9. The summed E-state index contributed by atoms with van der Waals surface area (Å²) in [5, 5.41) is 9.38. The first-order chi connectivity index (χ1) is 17.0. The van der Waals surface area contributed by atoms with Crippen molar-refractivity contribution in [3.63, 3.8) is 0 Å². The van der Waals surface area contributed by atoms with E-state index in [1.165, 1.54) is 10.9 Å². The van der Waals surface area contributed by atoms with Gasteiger partial charge in [-0.2, -0.15) is 0 Å². The quantitative estimate of drug-likeness (QED) is 0.524. The SMILES string of the molecule is CNc1cc2nc3c1ncn3C(=O)N[C@@H]1CC[C@H]1OCc1cc(c(=O)n(C3CC[C@@H](OC)C3)c1)N2. The summed E-state index contributed by atoms with van der Waals surface area (Å²) >= 11 is 0. The smallest absolute Gasteiger partial charge is 0.328 e. The Hall–Kier alpha value is -3.44. The minimum Gasteiger partial charge on any atom is -0.386 e. The van der Waals surface area contributed by atoms with Crippen LogP contribution in [0.1, 0.15) is 43.7 Å². The van der Waals surface area contributed by atoms with Crippen molar-refractivity contribution in [3.8, 4) is 0 Å². The number of aromatic nitrogens is 4. The molecule has 35 heavy (non-hydrogen) atoms. The third kappa shape index (κ3) is 3.84. The van der Waals surface area contributed by atoms with Gasteiger partial charge < -0.3 is 30.0 Å². The highest BCUT2D eigenvalue weighted by atomic mass is 16.5. The average Bonchev–Trinajstić information content (AvgIpc) is 3.50. The molecule has 4 atom stereocenters. The maximum atomic E-state index is 13.6. The first-order valence-electron chi connectivity index (χ1n) is 12.1. The number of rotatable bonds is 3. The number of ether oxygens (including phenoxy) is 2. The largest absolute Gasteiger partial charge is 0.386 e. The normalized spacial score (nSPS) is 25.9. The summed E-state index contributed by atoms with van der Waals surface area (Å²) in [5.41, 5.74) is 2.87. The summed E-state index contributed by atoms with van der Waals surface area (Å²) in [4.78, 5) is 35.6. The number of carbonyl (C=O) groups excluding carboxylic acids is 1. The van der Waals surface area contributed by atoms with Crippen LogP contribution in [0, 0.1) is 0 Å². The van der Waals surface area contributed by atoms with Crippen LogP contribution in [0.25, 0.3) is 11.2 Å². The van der Waals surface area contributed by atoms with Crippen molar-refractivity contribution in [1.82, 2.24) is 24.4 Å². The van der Waals surface area contributed by atoms with Gasteiger partial charge in [0.1, 0.15) is 23.3 Å². The highest BCUT2D eigenvalue weighted by Gasteiger charge is 2.34. The van der Waals surface area contributed by atoms with Gasteiger partial charge in [0.05, 0.1) is 30.5 Å². The van der Waals surface area contributed by atoms with Crippen LogP contribution in [0.15, 0.2) is 29.5 Å². The van der Waals surface area contributed by atoms with E-state index < -0.39 is 0 Å². The maximum Gasteiger partial charge on any atom is 0.328 e. The van der Waals surface area contributed by atoms with Gasteiger partial charge in [-0.25, -0.2) is 19.3 Å². The Balaban J connectivity index is 1.48. The summed E-state index contributed by atoms with van der Waals surface area (Å²) in [5.74, 6) is 0.442. The van der Waals surface area contributed by atoms with E-state index in [1.54, 1.807) is 20.2 Å². The molecule has 0 radical (unpaired) electrons. The van der Waals surface area contributed by atoms with Crippen LogP contribution in [0.4, 0.5) is 22.0 Å². The Morgan fingerprint density at radius 1 is 1.20 bits per heavy atom. The van der Waals surface area contributed by atoms with Gasteiger partial charge in [0.2, 0.25) is 0 Å². The third-order valence-corrected chi connectivity index (χ3v) is 7.42. The predicted molar refractivity (Wildman–Crippen MR) is 130 cm³/mol. The molecule has 2 aliphatic carbocycles. The topological polar surface area (TPSA) is 124 Å². The number of pyridine rings is 2. The lowest BCUT2D eigenvalue weighted by Gasteiger charge is -2.36. The number of nitrogens with zero attached hydrogens (tertiary/aromatic N) is 4. The molecule has 11 nitrogen and oxygen atoms in total. The summed E-state index contributed by atoms with van der Waals surface area (Å²) in [7, 11) is 3.50.